The standard InChI is InChI=1S/C27H28N4OS/c1-2-33-25-15-13-20(14-16-25)26-22(19-31(30-26)24-11-7-4-8-12-24)17-21(18-28)27(32)29-23-9-5-3-6-10-23/h4,7-8,11-17,19,23H,2-3,5-6,9-10H2,1H3,(H,29,32)/b21-17-. The first-order valence-electron chi connectivity index (χ1n) is 11.5. The van der Waals surface area contributed by atoms with Crippen molar-refractivity contribution in [3.63, 3.8) is 0 Å². The van der Waals surface area contributed by atoms with Gasteiger partial charge in [-0.05, 0) is 48.9 Å². The highest BCUT2D eigenvalue weighted by Gasteiger charge is 2.19. The summed E-state index contributed by atoms with van der Waals surface area (Å²) in [7, 11) is 0. The second-order valence-corrected chi connectivity index (χ2v) is 9.49. The van der Waals surface area contributed by atoms with Crippen LogP contribution in [0.25, 0.3) is 23.0 Å². The van der Waals surface area contributed by atoms with Crippen LogP contribution in [0.3, 0.4) is 0 Å². The zero-order valence-corrected chi connectivity index (χ0v) is 19.6. The Morgan fingerprint density at radius 3 is 2.55 bits per heavy atom. The van der Waals surface area contributed by atoms with Crippen molar-refractivity contribution in [1.82, 2.24) is 15.1 Å². The molecule has 33 heavy (non-hydrogen) atoms. The third kappa shape index (κ3) is 5.74. The number of rotatable bonds is 7. The number of carbonyl (C=O) groups excluding carboxylic acids is 1. The molecule has 0 unspecified atom stereocenters. The maximum atomic E-state index is 12.9. The summed E-state index contributed by atoms with van der Waals surface area (Å²) in [5, 5.41) is 17.6. The number of para-hydroxylation sites is 1. The minimum Gasteiger partial charge on any atom is -0.349 e. The fourth-order valence-electron chi connectivity index (χ4n) is 4.12. The third-order valence-electron chi connectivity index (χ3n) is 5.81. The Morgan fingerprint density at radius 2 is 1.88 bits per heavy atom. The monoisotopic (exact) mass is 456 g/mol. The van der Waals surface area contributed by atoms with Crippen LogP contribution in [-0.2, 0) is 4.79 Å². The summed E-state index contributed by atoms with van der Waals surface area (Å²) < 4.78 is 1.80. The van der Waals surface area contributed by atoms with Crippen molar-refractivity contribution in [3.05, 3.63) is 71.9 Å². The lowest BCUT2D eigenvalue weighted by Gasteiger charge is -2.22. The van der Waals surface area contributed by atoms with Crippen LogP contribution in [0.5, 0.6) is 0 Å². The van der Waals surface area contributed by atoms with Crippen molar-refractivity contribution in [1.29, 1.82) is 5.26 Å². The molecule has 5 nitrogen and oxygen atoms in total. The second kappa shape index (κ2) is 11.0. The Balaban J connectivity index is 1.69. The van der Waals surface area contributed by atoms with Gasteiger partial charge in [0, 0.05) is 28.3 Å². The minimum atomic E-state index is -0.308. The first-order chi connectivity index (χ1) is 16.2. The predicted octanol–water partition coefficient (Wildman–Crippen LogP) is 6.01. The SMILES string of the molecule is CCSc1ccc(-c2nn(-c3ccccc3)cc2/C=C(/C#N)C(=O)NC2CCCCC2)cc1. The Morgan fingerprint density at radius 1 is 1.15 bits per heavy atom. The lowest BCUT2D eigenvalue weighted by molar-refractivity contribution is -0.117. The summed E-state index contributed by atoms with van der Waals surface area (Å²) in [4.78, 5) is 14.1. The van der Waals surface area contributed by atoms with Crippen LogP contribution in [0, 0.1) is 11.3 Å². The number of nitrogens with one attached hydrogen (secondary N) is 1. The summed E-state index contributed by atoms with van der Waals surface area (Å²) >= 11 is 1.79. The van der Waals surface area contributed by atoms with E-state index in [1.807, 2.05) is 48.7 Å². The van der Waals surface area contributed by atoms with E-state index in [9.17, 15) is 10.1 Å². The normalized spacial score (nSPS) is 14.6. The van der Waals surface area contributed by atoms with Crippen molar-refractivity contribution in [2.75, 3.05) is 5.75 Å². The number of aromatic nitrogens is 2. The minimum absolute atomic E-state index is 0.104. The number of hydrogen-bond donors (Lipinski definition) is 1. The molecule has 0 aliphatic heterocycles. The van der Waals surface area contributed by atoms with Crippen molar-refractivity contribution < 1.29 is 4.79 Å². The summed E-state index contributed by atoms with van der Waals surface area (Å²) in [5.74, 6) is 0.704. The predicted molar refractivity (Wildman–Crippen MR) is 134 cm³/mol. The van der Waals surface area contributed by atoms with Gasteiger partial charge in [-0.15, -0.1) is 11.8 Å². The molecule has 168 valence electrons. The van der Waals surface area contributed by atoms with Crippen LogP contribution in [0.1, 0.15) is 44.6 Å². The number of amides is 1. The Bertz CT molecular complexity index is 1150. The third-order valence-corrected chi connectivity index (χ3v) is 6.70. The van der Waals surface area contributed by atoms with Gasteiger partial charge < -0.3 is 5.32 Å². The van der Waals surface area contributed by atoms with E-state index in [2.05, 4.69) is 30.4 Å². The summed E-state index contributed by atoms with van der Waals surface area (Å²) in [6, 6.07) is 20.3. The summed E-state index contributed by atoms with van der Waals surface area (Å²) in [6.07, 6.45) is 8.95. The van der Waals surface area contributed by atoms with Crippen molar-refractivity contribution in [3.8, 4) is 23.0 Å². The highest BCUT2D eigenvalue weighted by atomic mass is 32.2. The first-order valence-corrected chi connectivity index (χ1v) is 12.5. The van der Waals surface area contributed by atoms with Crippen LogP contribution >= 0.6 is 11.8 Å². The van der Waals surface area contributed by atoms with Gasteiger partial charge in [-0.2, -0.15) is 10.4 Å². The van der Waals surface area contributed by atoms with Crippen LogP contribution in [-0.4, -0.2) is 27.5 Å². The van der Waals surface area contributed by atoms with E-state index in [0.717, 1.165) is 53.9 Å². The lowest BCUT2D eigenvalue weighted by Crippen LogP contribution is -2.36. The van der Waals surface area contributed by atoms with Crippen LogP contribution < -0.4 is 5.32 Å². The highest BCUT2D eigenvalue weighted by Crippen LogP contribution is 2.28. The van der Waals surface area contributed by atoms with Crippen molar-refractivity contribution in [2.24, 2.45) is 0 Å². The smallest absolute Gasteiger partial charge is 0.262 e. The molecular weight excluding hydrogens is 428 g/mol. The lowest BCUT2D eigenvalue weighted by atomic mass is 9.95. The van der Waals surface area contributed by atoms with E-state index < -0.39 is 0 Å². The fourth-order valence-corrected chi connectivity index (χ4v) is 4.78. The molecule has 1 aliphatic carbocycles. The molecule has 3 aromatic rings. The van der Waals surface area contributed by atoms with Gasteiger partial charge >= 0.3 is 0 Å². The van der Waals surface area contributed by atoms with Crippen LogP contribution in [0.4, 0.5) is 0 Å². The molecule has 1 aliphatic rings. The van der Waals surface area contributed by atoms with E-state index in [1.54, 1.807) is 22.5 Å². The molecule has 1 saturated carbocycles. The van der Waals surface area contributed by atoms with Gasteiger partial charge in [-0.25, -0.2) is 4.68 Å². The van der Waals surface area contributed by atoms with Gasteiger partial charge in [0.2, 0.25) is 0 Å². The van der Waals surface area contributed by atoms with Crippen LogP contribution in [0.15, 0.2) is 71.3 Å². The number of hydrogen-bond acceptors (Lipinski definition) is 4. The quantitative estimate of drug-likeness (QED) is 0.269. The maximum Gasteiger partial charge on any atom is 0.262 e. The first kappa shape index (κ1) is 22.9. The van der Waals surface area contributed by atoms with Gasteiger partial charge in [0.15, 0.2) is 0 Å². The number of nitrogens with zero attached hydrogens (tertiary/aromatic N) is 3. The summed E-state index contributed by atoms with van der Waals surface area (Å²) in [5.41, 5.74) is 3.45. The van der Waals surface area contributed by atoms with Crippen molar-refractivity contribution in [2.45, 2.75) is 50.0 Å². The van der Waals surface area contributed by atoms with E-state index in [1.165, 1.54) is 11.3 Å². The molecule has 0 saturated heterocycles. The molecule has 1 fully saturated rings. The number of benzene rings is 2. The topological polar surface area (TPSA) is 70.7 Å². The molecule has 2 aromatic carbocycles. The Labute approximate surface area is 199 Å². The summed E-state index contributed by atoms with van der Waals surface area (Å²) in [6.45, 7) is 2.13. The molecule has 0 atom stereocenters. The molecule has 1 N–H and O–H groups in total. The average Bonchev–Trinajstić information content (AvgIpc) is 3.28. The molecule has 6 heteroatoms. The number of thioether (sulfide) groups is 1. The van der Waals surface area contributed by atoms with E-state index in [4.69, 9.17) is 5.10 Å². The molecule has 1 heterocycles. The number of nitriles is 1. The molecular formula is C27H28N4OS. The molecule has 0 radical (unpaired) electrons. The van der Waals surface area contributed by atoms with E-state index >= 15 is 0 Å². The van der Waals surface area contributed by atoms with Gasteiger partial charge in [0.05, 0.1) is 11.4 Å². The largest absolute Gasteiger partial charge is 0.349 e. The zero-order valence-electron chi connectivity index (χ0n) is 18.8. The molecule has 0 bridgehead atoms. The molecule has 0 spiro atoms. The van der Waals surface area contributed by atoms with Crippen LogP contribution in [0.2, 0.25) is 0 Å². The van der Waals surface area contributed by atoms with Gasteiger partial charge in [-0.1, -0.05) is 56.5 Å². The van der Waals surface area contributed by atoms with Crippen molar-refractivity contribution >= 4 is 23.7 Å². The number of carbonyl (C=O) groups is 1. The average molecular weight is 457 g/mol. The van der Waals surface area contributed by atoms with E-state index in [0.29, 0.717) is 0 Å². The molecule has 1 aromatic heterocycles. The highest BCUT2D eigenvalue weighted by molar-refractivity contribution is 7.99. The van der Waals surface area contributed by atoms with Gasteiger partial charge in [0.25, 0.3) is 5.91 Å². The Hall–Kier alpha value is -3.30. The molecule has 4 rings (SSSR count). The van der Waals surface area contributed by atoms with Gasteiger partial charge in [-0.3, -0.25) is 4.79 Å². The zero-order chi connectivity index (χ0) is 23.0. The van der Waals surface area contributed by atoms with E-state index in [-0.39, 0.29) is 17.5 Å². The second-order valence-electron chi connectivity index (χ2n) is 8.15. The molecule has 1 amide bonds. The maximum absolute atomic E-state index is 12.9. The van der Waals surface area contributed by atoms with Gasteiger partial charge in [0.1, 0.15) is 11.6 Å². The fraction of sp³-hybridized carbons (Fsp3) is 0.296. The Kier molecular flexibility index (Phi) is 7.64.